The molecule has 2 rings (SSSR count). The van der Waals surface area contributed by atoms with Gasteiger partial charge in [-0.2, -0.15) is 13.2 Å². The number of carbonyl (C=O) groups excluding carboxylic acids is 1. The number of alkyl halides is 3. The van der Waals surface area contributed by atoms with Gasteiger partial charge in [0.15, 0.2) is 6.10 Å². The Morgan fingerprint density at radius 2 is 1.85 bits per heavy atom. The van der Waals surface area contributed by atoms with E-state index in [4.69, 9.17) is 43.2 Å². The fourth-order valence-corrected chi connectivity index (χ4v) is 2.70. The lowest BCUT2D eigenvalue weighted by molar-refractivity contribution is -0.291. The summed E-state index contributed by atoms with van der Waals surface area (Å²) in [5, 5.41) is 16.7. The molecule has 2 N–H and O–H groups in total. The fraction of sp³-hybridized carbons (Fsp3) is 0.357. The van der Waals surface area contributed by atoms with Crippen LogP contribution in [0.1, 0.15) is 5.56 Å². The van der Waals surface area contributed by atoms with Crippen molar-refractivity contribution in [2.75, 3.05) is 13.2 Å². The monoisotopic (exact) mass is 418 g/mol. The predicted molar refractivity (Wildman–Crippen MR) is 82.0 cm³/mol. The van der Waals surface area contributed by atoms with Gasteiger partial charge in [-0.05, 0) is 18.2 Å². The maximum atomic E-state index is 13.3. The highest BCUT2D eigenvalue weighted by Gasteiger charge is 2.49. The molecule has 0 aromatic heterocycles. The van der Waals surface area contributed by atoms with Crippen molar-refractivity contribution in [1.29, 1.82) is 0 Å². The summed E-state index contributed by atoms with van der Waals surface area (Å²) in [4.78, 5) is 19.7. The number of esters is 1. The number of hydrogen-bond acceptors (Lipinski definition) is 7. The van der Waals surface area contributed by atoms with Crippen molar-refractivity contribution in [3.8, 4) is 5.75 Å². The molecule has 0 saturated carbocycles. The maximum absolute atomic E-state index is 13.3. The first-order chi connectivity index (χ1) is 12.2. The van der Waals surface area contributed by atoms with Gasteiger partial charge in [0, 0.05) is 10.6 Å². The Hall–Kier alpha value is -1.56. The maximum Gasteiger partial charge on any atom is 0.430 e. The molecular weight excluding hydrogens is 408 g/mol. The number of ether oxygens (including phenoxy) is 2. The highest BCUT2D eigenvalue weighted by molar-refractivity contribution is 6.36. The molecule has 1 aromatic rings. The van der Waals surface area contributed by atoms with Crippen LogP contribution in [0.25, 0.3) is 6.08 Å². The van der Waals surface area contributed by atoms with Crippen molar-refractivity contribution in [3.63, 3.8) is 0 Å². The number of rotatable bonds is 6. The van der Waals surface area contributed by atoms with Crippen molar-refractivity contribution in [2.24, 2.45) is 0 Å². The van der Waals surface area contributed by atoms with Crippen molar-refractivity contribution in [1.82, 2.24) is 0 Å². The Morgan fingerprint density at radius 1 is 1.23 bits per heavy atom. The summed E-state index contributed by atoms with van der Waals surface area (Å²) in [6.07, 6.45) is -8.10. The molecule has 12 heteroatoms. The Balaban J connectivity index is 2.40. The number of fused-ring (bicyclic) bond motifs is 1. The minimum atomic E-state index is -4.96. The van der Waals surface area contributed by atoms with Crippen LogP contribution in [0.5, 0.6) is 5.75 Å². The lowest BCUT2D eigenvalue weighted by Crippen LogP contribution is -2.42. The molecule has 1 unspecified atom stereocenters. The third kappa shape index (κ3) is 4.78. The van der Waals surface area contributed by atoms with E-state index in [1.54, 1.807) is 0 Å². The van der Waals surface area contributed by atoms with E-state index >= 15 is 0 Å². The summed E-state index contributed by atoms with van der Waals surface area (Å²) in [7, 11) is 0. The van der Waals surface area contributed by atoms with Crippen LogP contribution in [0.15, 0.2) is 17.7 Å². The van der Waals surface area contributed by atoms with Gasteiger partial charge in [0.05, 0.1) is 10.6 Å². The lowest BCUT2D eigenvalue weighted by Gasteiger charge is -2.29. The predicted octanol–water partition coefficient (Wildman–Crippen LogP) is 3.59. The van der Waals surface area contributed by atoms with Gasteiger partial charge < -0.3 is 9.47 Å². The van der Waals surface area contributed by atoms with Gasteiger partial charge in [0.2, 0.25) is 6.10 Å². The van der Waals surface area contributed by atoms with Crippen LogP contribution >= 0.6 is 23.2 Å². The zero-order valence-electron chi connectivity index (χ0n) is 12.6. The van der Waals surface area contributed by atoms with Crippen LogP contribution in [-0.2, 0) is 19.3 Å². The van der Waals surface area contributed by atoms with Crippen molar-refractivity contribution in [2.45, 2.75) is 18.4 Å². The molecule has 0 radical (unpaired) electrons. The first-order valence-electron chi connectivity index (χ1n) is 6.85. The number of carbonyl (C=O) groups is 1. The molecule has 0 saturated heterocycles. The standard InChI is InChI=1S/C14H11Cl2F3O7/c15-7-1-6-2-9(13(20)25-8(4-23-21)5-24-22)12(14(17,18)19)26-11(6)10(16)3-7/h1-3,8,12,21-22H,4-5H2. The lowest BCUT2D eigenvalue weighted by atomic mass is 10.0. The van der Waals surface area contributed by atoms with Gasteiger partial charge in [0.1, 0.15) is 19.0 Å². The van der Waals surface area contributed by atoms with Crippen LogP contribution in [0.3, 0.4) is 0 Å². The number of hydrogen-bond donors (Lipinski definition) is 2. The van der Waals surface area contributed by atoms with Crippen molar-refractivity contribution >= 4 is 35.2 Å². The van der Waals surface area contributed by atoms with E-state index in [-0.39, 0.29) is 21.4 Å². The molecule has 144 valence electrons. The van der Waals surface area contributed by atoms with Crippen molar-refractivity contribution < 1.29 is 47.7 Å². The molecule has 1 atom stereocenters. The highest BCUT2D eigenvalue weighted by Crippen LogP contribution is 2.42. The highest BCUT2D eigenvalue weighted by atomic mass is 35.5. The van der Waals surface area contributed by atoms with E-state index in [0.717, 1.165) is 6.08 Å². The zero-order chi connectivity index (χ0) is 19.5. The topological polar surface area (TPSA) is 94.5 Å². The summed E-state index contributed by atoms with van der Waals surface area (Å²) in [5.41, 5.74) is -0.840. The molecule has 0 fully saturated rings. The third-order valence-electron chi connectivity index (χ3n) is 3.19. The zero-order valence-corrected chi connectivity index (χ0v) is 14.1. The molecule has 0 aliphatic carbocycles. The van der Waals surface area contributed by atoms with E-state index < -0.39 is 43.1 Å². The number of benzene rings is 1. The van der Waals surface area contributed by atoms with Crippen LogP contribution in [0.2, 0.25) is 10.0 Å². The molecule has 0 amide bonds. The molecule has 0 bridgehead atoms. The fourth-order valence-electron chi connectivity index (χ4n) is 2.15. The van der Waals surface area contributed by atoms with E-state index in [0.29, 0.717) is 0 Å². The van der Waals surface area contributed by atoms with E-state index in [9.17, 15) is 18.0 Å². The Labute approximate surface area is 154 Å². The first kappa shape index (κ1) is 20.7. The first-order valence-corrected chi connectivity index (χ1v) is 7.60. The van der Waals surface area contributed by atoms with Crippen LogP contribution in [-0.4, -0.2) is 48.1 Å². The molecule has 26 heavy (non-hydrogen) atoms. The molecule has 1 aliphatic rings. The minimum absolute atomic E-state index is 0.0447. The van der Waals surface area contributed by atoms with Crippen LogP contribution in [0, 0.1) is 0 Å². The molecule has 7 nitrogen and oxygen atoms in total. The second-order valence-corrected chi connectivity index (χ2v) is 5.91. The van der Waals surface area contributed by atoms with Crippen LogP contribution < -0.4 is 4.74 Å². The Kier molecular flexibility index (Phi) is 6.72. The van der Waals surface area contributed by atoms with Gasteiger partial charge in [-0.15, -0.1) is 0 Å². The summed E-state index contributed by atoms with van der Waals surface area (Å²) in [6.45, 7) is -1.29. The van der Waals surface area contributed by atoms with E-state index in [2.05, 4.69) is 9.78 Å². The summed E-state index contributed by atoms with van der Waals surface area (Å²) >= 11 is 11.7. The second-order valence-electron chi connectivity index (χ2n) is 5.06. The average molecular weight is 419 g/mol. The van der Waals surface area contributed by atoms with Gasteiger partial charge >= 0.3 is 12.1 Å². The smallest absolute Gasteiger partial charge is 0.430 e. The molecule has 0 spiro atoms. The minimum Gasteiger partial charge on any atom is -0.474 e. The quantitative estimate of drug-likeness (QED) is 0.414. The van der Waals surface area contributed by atoms with Crippen LogP contribution in [0.4, 0.5) is 13.2 Å². The summed E-state index contributed by atoms with van der Waals surface area (Å²) in [6, 6.07) is 2.45. The number of halogens is 5. The second kappa shape index (κ2) is 8.42. The summed E-state index contributed by atoms with van der Waals surface area (Å²) < 4.78 is 49.6. The Bertz CT molecular complexity index is 703. The SMILES string of the molecule is O=C(OC(COO)COO)C1=Cc2cc(Cl)cc(Cl)c2OC1C(F)(F)F. The van der Waals surface area contributed by atoms with Crippen molar-refractivity contribution in [3.05, 3.63) is 33.3 Å². The normalized spacial score (nSPS) is 16.8. The molecule has 1 aliphatic heterocycles. The third-order valence-corrected chi connectivity index (χ3v) is 3.69. The summed E-state index contributed by atoms with van der Waals surface area (Å²) in [5.74, 6) is -1.71. The average Bonchev–Trinajstić information content (AvgIpc) is 2.53. The van der Waals surface area contributed by atoms with E-state index in [1.807, 2.05) is 0 Å². The van der Waals surface area contributed by atoms with Gasteiger partial charge in [0.25, 0.3) is 0 Å². The van der Waals surface area contributed by atoms with Gasteiger partial charge in [-0.3, -0.25) is 10.5 Å². The largest absolute Gasteiger partial charge is 0.474 e. The Morgan fingerprint density at radius 3 is 2.38 bits per heavy atom. The molecule has 1 aromatic carbocycles. The van der Waals surface area contributed by atoms with Gasteiger partial charge in [-0.25, -0.2) is 14.6 Å². The van der Waals surface area contributed by atoms with Gasteiger partial charge in [-0.1, -0.05) is 23.2 Å². The molecule has 1 heterocycles. The molecular formula is C14H11Cl2F3O7. The van der Waals surface area contributed by atoms with E-state index in [1.165, 1.54) is 12.1 Å².